The zero-order chi connectivity index (χ0) is 14.5. The van der Waals surface area contributed by atoms with Crippen molar-refractivity contribution in [3.8, 4) is 0 Å². The lowest BCUT2D eigenvalue weighted by molar-refractivity contribution is 0.128. The van der Waals surface area contributed by atoms with E-state index in [1.165, 1.54) is 11.3 Å². The molecule has 0 aromatic carbocycles. The van der Waals surface area contributed by atoms with Gasteiger partial charge < -0.3 is 10.1 Å². The number of nitrogens with one attached hydrogen (secondary N) is 1. The summed E-state index contributed by atoms with van der Waals surface area (Å²) in [6.07, 6.45) is 0. The molecule has 1 atom stereocenters. The van der Waals surface area contributed by atoms with E-state index in [-0.39, 0.29) is 6.04 Å². The molecular weight excluding hydrogens is 317 g/mol. The Morgan fingerprint density at radius 1 is 1.35 bits per heavy atom. The number of hydrogen-bond acceptors (Lipinski definition) is 5. The Morgan fingerprint density at radius 2 is 2.15 bits per heavy atom. The number of anilines is 1. The molecule has 0 bridgehead atoms. The van der Waals surface area contributed by atoms with Crippen LogP contribution in [0.4, 0.5) is 5.82 Å². The summed E-state index contributed by atoms with van der Waals surface area (Å²) in [6.45, 7) is 4.93. The molecule has 108 valence electrons. The number of nitrogens with zero attached hydrogens (tertiary/aromatic N) is 2. The average molecular weight is 332 g/mol. The normalized spacial score (nSPS) is 12.4. The molecule has 2 rings (SSSR count). The van der Waals surface area contributed by atoms with Crippen molar-refractivity contribution in [3.63, 3.8) is 0 Å². The van der Waals surface area contributed by atoms with Crippen LogP contribution in [-0.2, 0) is 11.3 Å². The lowest BCUT2D eigenvalue weighted by atomic mass is 10.3. The quantitative estimate of drug-likeness (QED) is 0.788. The summed E-state index contributed by atoms with van der Waals surface area (Å²) in [5.74, 6) is 1.25. The van der Waals surface area contributed by atoms with Gasteiger partial charge in [-0.15, -0.1) is 11.3 Å². The van der Waals surface area contributed by atoms with E-state index in [9.17, 15) is 0 Å². The fraction of sp³-hybridized carbons (Fsp3) is 0.385. The Bertz CT molecular complexity index is 576. The van der Waals surface area contributed by atoms with E-state index in [2.05, 4.69) is 15.3 Å². The third kappa shape index (κ3) is 4.31. The van der Waals surface area contributed by atoms with Gasteiger partial charge in [0, 0.05) is 17.6 Å². The van der Waals surface area contributed by atoms with Crippen LogP contribution in [0.5, 0.6) is 0 Å². The molecule has 1 unspecified atom stereocenters. The molecule has 0 fully saturated rings. The van der Waals surface area contributed by atoms with Crippen molar-refractivity contribution < 1.29 is 4.74 Å². The average Bonchev–Trinajstić information content (AvgIpc) is 2.82. The van der Waals surface area contributed by atoms with E-state index in [0.717, 1.165) is 9.21 Å². The zero-order valence-electron chi connectivity index (χ0n) is 11.2. The van der Waals surface area contributed by atoms with Gasteiger partial charge >= 0.3 is 0 Å². The minimum Gasteiger partial charge on any atom is -0.374 e. The van der Waals surface area contributed by atoms with Crippen LogP contribution >= 0.6 is 34.5 Å². The summed E-state index contributed by atoms with van der Waals surface area (Å²) in [4.78, 5) is 9.64. The summed E-state index contributed by atoms with van der Waals surface area (Å²) in [5, 5.41) is 3.69. The highest BCUT2D eigenvalue weighted by Gasteiger charge is 2.10. The Labute approximate surface area is 132 Å². The van der Waals surface area contributed by atoms with Crippen molar-refractivity contribution in [1.29, 1.82) is 0 Å². The van der Waals surface area contributed by atoms with Gasteiger partial charge in [0.1, 0.15) is 17.6 Å². The number of rotatable bonds is 6. The Balaban J connectivity index is 2.10. The molecule has 0 amide bonds. The first-order valence-electron chi connectivity index (χ1n) is 6.21. The summed E-state index contributed by atoms with van der Waals surface area (Å²) in [5.41, 5.74) is 0. The lowest BCUT2D eigenvalue weighted by Crippen LogP contribution is -2.09. The predicted molar refractivity (Wildman–Crippen MR) is 83.7 cm³/mol. The highest BCUT2D eigenvalue weighted by molar-refractivity contribution is 7.16. The van der Waals surface area contributed by atoms with Gasteiger partial charge in [-0.05, 0) is 26.0 Å². The molecule has 0 saturated carbocycles. The van der Waals surface area contributed by atoms with E-state index in [1.807, 2.05) is 26.0 Å². The van der Waals surface area contributed by atoms with E-state index < -0.39 is 0 Å². The Kier molecular flexibility index (Phi) is 5.60. The molecule has 7 heteroatoms. The fourth-order valence-corrected chi connectivity index (χ4v) is 2.91. The van der Waals surface area contributed by atoms with E-state index in [1.54, 1.807) is 6.07 Å². The molecule has 2 aromatic heterocycles. The monoisotopic (exact) mass is 331 g/mol. The highest BCUT2D eigenvalue weighted by atomic mass is 35.5. The van der Waals surface area contributed by atoms with Crippen molar-refractivity contribution in [2.24, 2.45) is 0 Å². The van der Waals surface area contributed by atoms with Gasteiger partial charge in [-0.2, -0.15) is 0 Å². The lowest BCUT2D eigenvalue weighted by Gasteiger charge is -2.13. The van der Waals surface area contributed by atoms with Gasteiger partial charge in [0.15, 0.2) is 5.82 Å². The van der Waals surface area contributed by atoms with Gasteiger partial charge in [0.05, 0.1) is 10.4 Å². The van der Waals surface area contributed by atoms with Crippen LogP contribution in [0.3, 0.4) is 0 Å². The second-order valence-corrected chi connectivity index (χ2v) is 6.27. The fourth-order valence-electron chi connectivity index (χ4n) is 1.65. The van der Waals surface area contributed by atoms with Gasteiger partial charge in [-0.1, -0.05) is 23.2 Å². The van der Waals surface area contributed by atoms with E-state index in [0.29, 0.717) is 30.0 Å². The Hall–Kier alpha value is -0.880. The molecule has 20 heavy (non-hydrogen) atoms. The van der Waals surface area contributed by atoms with Crippen LogP contribution in [-0.4, -0.2) is 16.6 Å². The van der Waals surface area contributed by atoms with Crippen molar-refractivity contribution in [2.75, 3.05) is 11.9 Å². The largest absolute Gasteiger partial charge is 0.374 e. The Morgan fingerprint density at radius 3 is 2.80 bits per heavy atom. The van der Waals surface area contributed by atoms with Crippen molar-refractivity contribution in [1.82, 2.24) is 9.97 Å². The van der Waals surface area contributed by atoms with Gasteiger partial charge in [0.2, 0.25) is 0 Å². The summed E-state index contributed by atoms with van der Waals surface area (Å²) in [6, 6.07) is 5.67. The van der Waals surface area contributed by atoms with Crippen molar-refractivity contribution in [3.05, 3.63) is 38.4 Å². The third-order valence-electron chi connectivity index (χ3n) is 2.56. The number of hydrogen-bond donors (Lipinski definition) is 1. The maximum absolute atomic E-state index is 6.00. The van der Waals surface area contributed by atoms with Crippen LogP contribution < -0.4 is 5.32 Å². The molecule has 0 aliphatic carbocycles. The molecule has 0 spiro atoms. The molecule has 0 aliphatic rings. The number of thiophene rings is 1. The third-order valence-corrected chi connectivity index (χ3v) is 4.17. The highest BCUT2D eigenvalue weighted by Crippen LogP contribution is 2.28. The summed E-state index contributed by atoms with van der Waals surface area (Å²) >= 11 is 13.5. The van der Waals surface area contributed by atoms with E-state index >= 15 is 0 Å². The molecule has 4 nitrogen and oxygen atoms in total. The molecule has 1 N–H and O–H groups in total. The molecular formula is C13H15Cl2N3OS. The van der Waals surface area contributed by atoms with Crippen LogP contribution in [0.1, 0.15) is 30.6 Å². The topological polar surface area (TPSA) is 47.0 Å². The van der Waals surface area contributed by atoms with E-state index in [4.69, 9.17) is 27.9 Å². The van der Waals surface area contributed by atoms with Crippen LogP contribution in [0.15, 0.2) is 18.2 Å². The van der Waals surface area contributed by atoms with Crippen LogP contribution in [0, 0.1) is 0 Å². The molecule has 0 radical (unpaired) electrons. The molecule has 0 aliphatic heterocycles. The van der Waals surface area contributed by atoms with Crippen LogP contribution in [0.2, 0.25) is 9.49 Å². The van der Waals surface area contributed by atoms with Crippen LogP contribution in [0.25, 0.3) is 0 Å². The SMILES string of the molecule is CCOCc1nc(Cl)cc(NC(C)c2ccc(Cl)s2)n1. The predicted octanol–water partition coefficient (Wildman–Crippen LogP) is 4.55. The maximum Gasteiger partial charge on any atom is 0.158 e. The van der Waals surface area contributed by atoms with Gasteiger partial charge in [0.25, 0.3) is 0 Å². The number of ether oxygens (including phenoxy) is 1. The molecule has 2 aromatic rings. The smallest absolute Gasteiger partial charge is 0.158 e. The van der Waals surface area contributed by atoms with Gasteiger partial charge in [-0.25, -0.2) is 9.97 Å². The minimum atomic E-state index is 0.0958. The summed E-state index contributed by atoms with van der Waals surface area (Å²) in [7, 11) is 0. The zero-order valence-corrected chi connectivity index (χ0v) is 13.5. The first-order chi connectivity index (χ1) is 9.58. The summed E-state index contributed by atoms with van der Waals surface area (Å²) < 4.78 is 6.07. The number of halogens is 2. The second-order valence-electron chi connectivity index (χ2n) is 4.14. The first kappa shape index (κ1) is 15.5. The minimum absolute atomic E-state index is 0.0958. The molecule has 2 heterocycles. The maximum atomic E-state index is 6.00. The first-order valence-corrected chi connectivity index (χ1v) is 7.78. The van der Waals surface area contributed by atoms with Gasteiger partial charge in [-0.3, -0.25) is 0 Å². The second kappa shape index (κ2) is 7.22. The van der Waals surface area contributed by atoms with Crippen molar-refractivity contribution >= 4 is 40.4 Å². The van der Waals surface area contributed by atoms with Crippen molar-refractivity contribution in [2.45, 2.75) is 26.5 Å². The number of aromatic nitrogens is 2. The standard InChI is InChI=1S/C13H15Cl2N3OS/c1-3-19-7-13-17-10(14)6-12(18-13)16-8(2)9-4-5-11(15)20-9/h4-6,8H,3,7H2,1-2H3,(H,16,17,18). The molecule has 0 saturated heterocycles.